The predicted octanol–water partition coefficient (Wildman–Crippen LogP) is 6.15. The third-order valence-electron chi connectivity index (χ3n) is 4.54. The van der Waals surface area contributed by atoms with Crippen LogP contribution in [0.3, 0.4) is 0 Å². The fourth-order valence-electron chi connectivity index (χ4n) is 3.00. The average molecular weight is 517 g/mol. The van der Waals surface area contributed by atoms with Crippen molar-refractivity contribution in [1.29, 1.82) is 0 Å². The second-order valence-electron chi connectivity index (χ2n) is 7.04. The molecule has 0 radical (unpaired) electrons. The Balaban J connectivity index is 2.01. The molecule has 0 bridgehead atoms. The highest BCUT2D eigenvalue weighted by Gasteiger charge is 2.34. The standard InChI is InChI=1S/C22H17Cl2F3N2O3S/c1-14-6-8-18(9-7-14)33(31,32)29(17-11-15(23)10-16(24)12-17)13-21(30)28-20-5-3-2-4-19(20)22(25,26)27/h2-12H,13H2,1H3,(H,28,30). The molecule has 0 saturated carbocycles. The number of alkyl halides is 3. The van der Waals surface area contributed by atoms with Gasteiger partial charge in [0.15, 0.2) is 0 Å². The number of hydrogen-bond donors (Lipinski definition) is 1. The van der Waals surface area contributed by atoms with Gasteiger partial charge in [0, 0.05) is 10.0 Å². The number of sulfonamides is 1. The molecule has 3 aromatic rings. The van der Waals surface area contributed by atoms with Crippen LogP contribution < -0.4 is 9.62 Å². The second kappa shape index (κ2) is 9.62. The van der Waals surface area contributed by atoms with Crippen LogP contribution in [0.15, 0.2) is 71.6 Å². The molecule has 0 atom stereocenters. The number of aryl methyl sites for hydroxylation is 1. The van der Waals surface area contributed by atoms with Gasteiger partial charge in [-0.15, -0.1) is 0 Å². The van der Waals surface area contributed by atoms with Crippen LogP contribution in [0.1, 0.15) is 11.1 Å². The number of benzene rings is 3. The zero-order valence-electron chi connectivity index (χ0n) is 17.0. The molecule has 3 rings (SSSR count). The maximum absolute atomic E-state index is 13.4. The van der Waals surface area contributed by atoms with Crippen molar-refractivity contribution in [3.63, 3.8) is 0 Å². The Labute approximate surface area is 198 Å². The van der Waals surface area contributed by atoms with Gasteiger partial charge in [0.1, 0.15) is 6.54 Å². The summed E-state index contributed by atoms with van der Waals surface area (Å²) in [5.41, 5.74) is -0.760. The van der Waals surface area contributed by atoms with E-state index in [1.54, 1.807) is 19.1 Å². The van der Waals surface area contributed by atoms with Gasteiger partial charge in [0.25, 0.3) is 10.0 Å². The minimum absolute atomic E-state index is 0.0210. The normalized spacial score (nSPS) is 11.8. The van der Waals surface area contributed by atoms with Crippen LogP contribution in [0.5, 0.6) is 0 Å². The number of carbonyl (C=O) groups is 1. The zero-order chi connectivity index (χ0) is 24.4. The van der Waals surface area contributed by atoms with Gasteiger partial charge in [-0.25, -0.2) is 8.42 Å². The highest BCUT2D eigenvalue weighted by Crippen LogP contribution is 2.35. The molecule has 0 aliphatic heterocycles. The fourth-order valence-corrected chi connectivity index (χ4v) is 4.91. The summed E-state index contributed by atoms with van der Waals surface area (Å²) in [6, 6.07) is 14.2. The van der Waals surface area contributed by atoms with E-state index in [1.165, 1.54) is 42.5 Å². The number of halogens is 5. The summed E-state index contributed by atoms with van der Waals surface area (Å²) >= 11 is 12.0. The minimum atomic E-state index is -4.71. The molecule has 0 aliphatic carbocycles. The molecular weight excluding hydrogens is 500 g/mol. The smallest absolute Gasteiger partial charge is 0.324 e. The quantitative estimate of drug-likeness (QED) is 0.426. The van der Waals surface area contributed by atoms with E-state index >= 15 is 0 Å². The number of amides is 1. The van der Waals surface area contributed by atoms with Crippen molar-refractivity contribution in [2.45, 2.75) is 18.0 Å². The van der Waals surface area contributed by atoms with Crippen LogP contribution in [0.2, 0.25) is 10.0 Å². The molecule has 11 heteroatoms. The lowest BCUT2D eigenvalue weighted by Crippen LogP contribution is -2.38. The summed E-state index contributed by atoms with van der Waals surface area (Å²) in [5, 5.41) is 2.38. The highest BCUT2D eigenvalue weighted by molar-refractivity contribution is 7.92. The Morgan fingerprint density at radius 2 is 1.55 bits per heavy atom. The van der Waals surface area contributed by atoms with Crippen molar-refractivity contribution in [3.05, 3.63) is 87.9 Å². The molecule has 0 aromatic heterocycles. The van der Waals surface area contributed by atoms with Crippen LogP contribution in [-0.4, -0.2) is 20.9 Å². The molecule has 3 aromatic carbocycles. The van der Waals surface area contributed by atoms with Crippen molar-refractivity contribution in [2.75, 3.05) is 16.2 Å². The van der Waals surface area contributed by atoms with E-state index in [0.29, 0.717) is 0 Å². The van der Waals surface area contributed by atoms with Crippen molar-refractivity contribution in [1.82, 2.24) is 0 Å². The van der Waals surface area contributed by atoms with Crippen molar-refractivity contribution >= 4 is 50.5 Å². The Morgan fingerprint density at radius 3 is 2.12 bits per heavy atom. The molecule has 1 amide bonds. The van der Waals surface area contributed by atoms with Gasteiger partial charge in [0.2, 0.25) is 5.91 Å². The van der Waals surface area contributed by atoms with Gasteiger partial charge in [-0.1, -0.05) is 53.0 Å². The van der Waals surface area contributed by atoms with Crippen molar-refractivity contribution < 1.29 is 26.4 Å². The largest absolute Gasteiger partial charge is 0.418 e. The lowest BCUT2D eigenvalue weighted by Gasteiger charge is -2.25. The van der Waals surface area contributed by atoms with Gasteiger partial charge < -0.3 is 5.32 Å². The van der Waals surface area contributed by atoms with Crippen LogP contribution in [0.25, 0.3) is 0 Å². The summed E-state index contributed by atoms with van der Waals surface area (Å²) < 4.78 is 67.3. The SMILES string of the molecule is Cc1ccc(S(=O)(=O)N(CC(=O)Nc2ccccc2C(F)(F)F)c2cc(Cl)cc(Cl)c2)cc1. The highest BCUT2D eigenvalue weighted by atomic mass is 35.5. The second-order valence-corrected chi connectivity index (χ2v) is 9.78. The van der Waals surface area contributed by atoms with E-state index in [9.17, 15) is 26.4 Å². The summed E-state index contributed by atoms with van der Waals surface area (Å²) in [5.74, 6) is -0.988. The summed E-state index contributed by atoms with van der Waals surface area (Å²) in [6.07, 6.45) is -4.71. The van der Waals surface area contributed by atoms with Gasteiger partial charge in [0.05, 0.1) is 21.8 Å². The number of carbonyl (C=O) groups excluding carboxylic acids is 1. The van der Waals surface area contributed by atoms with E-state index in [2.05, 4.69) is 5.32 Å². The fraction of sp³-hybridized carbons (Fsp3) is 0.136. The molecule has 0 unspecified atom stereocenters. The summed E-state index contributed by atoms with van der Waals surface area (Å²) in [7, 11) is -4.30. The maximum Gasteiger partial charge on any atom is 0.418 e. The van der Waals surface area contributed by atoms with E-state index in [4.69, 9.17) is 23.2 Å². The van der Waals surface area contributed by atoms with Crippen LogP contribution >= 0.6 is 23.2 Å². The third-order valence-corrected chi connectivity index (χ3v) is 6.76. The molecular formula is C22H17Cl2F3N2O3S. The van der Waals surface area contributed by atoms with Crippen LogP contribution in [0.4, 0.5) is 24.5 Å². The minimum Gasteiger partial charge on any atom is -0.324 e. The average Bonchev–Trinajstić information content (AvgIpc) is 2.71. The first-order valence-corrected chi connectivity index (χ1v) is 11.6. The molecule has 0 aliphatic rings. The first kappa shape index (κ1) is 24.9. The first-order valence-electron chi connectivity index (χ1n) is 9.39. The molecule has 0 heterocycles. The Morgan fingerprint density at radius 1 is 0.970 bits per heavy atom. The monoisotopic (exact) mass is 516 g/mol. The van der Waals surface area contributed by atoms with Gasteiger partial charge in [-0.2, -0.15) is 13.2 Å². The molecule has 0 spiro atoms. The number of rotatable bonds is 6. The Kier molecular flexibility index (Phi) is 7.26. The number of anilines is 2. The van der Waals surface area contributed by atoms with E-state index in [-0.39, 0.29) is 20.6 Å². The molecule has 174 valence electrons. The van der Waals surface area contributed by atoms with E-state index in [0.717, 1.165) is 22.0 Å². The van der Waals surface area contributed by atoms with Gasteiger partial charge in [-0.3, -0.25) is 9.10 Å². The lowest BCUT2D eigenvalue weighted by molar-refractivity contribution is -0.137. The van der Waals surface area contributed by atoms with Crippen LogP contribution in [-0.2, 0) is 21.0 Å². The van der Waals surface area contributed by atoms with E-state index in [1.807, 2.05) is 0 Å². The molecule has 0 fully saturated rings. The van der Waals surface area contributed by atoms with Crippen LogP contribution in [0, 0.1) is 6.92 Å². The van der Waals surface area contributed by atoms with Crippen molar-refractivity contribution in [3.8, 4) is 0 Å². The molecule has 0 saturated heterocycles. The maximum atomic E-state index is 13.4. The molecule has 5 nitrogen and oxygen atoms in total. The number of para-hydroxylation sites is 1. The number of nitrogens with zero attached hydrogens (tertiary/aromatic N) is 1. The Bertz CT molecular complexity index is 1260. The summed E-state index contributed by atoms with van der Waals surface area (Å²) in [4.78, 5) is 12.6. The first-order chi connectivity index (χ1) is 15.4. The Hall–Kier alpha value is -2.75. The number of nitrogens with one attached hydrogen (secondary N) is 1. The van der Waals surface area contributed by atoms with Crippen molar-refractivity contribution in [2.24, 2.45) is 0 Å². The lowest BCUT2D eigenvalue weighted by atomic mass is 10.1. The topological polar surface area (TPSA) is 66.5 Å². The predicted molar refractivity (Wildman–Crippen MR) is 122 cm³/mol. The summed E-state index contributed by atoms with van der Waals surface area (Å²) in [6.45, 7) is 0.954. The zero-order valence-corrected chi connectivity index (χ0v) is 19.4. The molecule has 1 N–H and O–H groups in total. The third kappa shape index (κ3) is 5.98. The van der Waals surface area contributed by atoms with Gasteiger partial charge in [-0.05, 0) is 49.4 Å². The number of hydrogen-bond acceptors (Lipinski definition) is 3. The van der Waals surface area contributed by atoms with E-state index < -0.39 is 39.9 Å². The van der Waals surface area contributed by atoms with Gasteiger partial charge >= 0.3 is 6.18 Å². The molecule has 33 heavy (non-hydrogen) atoms.